The maximum Gasteiger partial charge on any atom is 0.308 e. The van der Waals surface area contributed by atoms with E-state index in [4.69, 9.17) is 24.7 Å². The van der Waals surface area contributed by atoms with Gasteiger partial charge in [0.15, 0.2) is 29.6 Å². The minimum atomic E-state index is -1.24. The predicted octanol–water partition coefficient (Wildman–Crippen LogP) is 2.67. The van der Waals surface area contributed by atoms with Gasteiger partial charge in [0, 0.05) is 25.3 Å². The van der Waals surface area contributed by atoms with Gasteiger partial charge in [0.05, 0.1) is 17.8 Å². The number of carbonyl (C=O) groups excluding carboxylic acids is 3. The Hall–Kier alpha value is -4.46. The molecule has 238 valence electrons. The van der Waals surface area contributed by atoms with Gasteiger partial charge in [0.2, 0.25) is 5.95 Å². The van der Waals surface area contributed by atoms with E-state index < -0.39 is 65.8 Å². The molecule has 1 aromatic carbocycles. The van der Waals surface area contributed by atoms with Crippen molar-refractivity contribution >= 4 is 40.7 Å². The van der Waals surface area contributed by atoms with Crippen LogP contribution in [-0.2, 0) is 33.3 Å². The lowest BCUT2D eigenvalue weighted by Crippen LogP contribution is -2.42. The number of hydrogen-bond donors (Lipinski definition) is 2. The summed E-state index contributed by atoms with van der Waals surface area (Å²) in [5.41, 5.74) is 6.90. The van der Waals surface area contributed by atoms with Crippen molar-refractivity contribution in [2.75, 3.05) is 31.3 Å². The Balaban J connectivity index is 1.93. The molecule has 4 rings (SSSR count). The number of H-pyrrole nitrogens is 1. The summed E-state index contributed by atoms with van der Waals surface area (Å²) in [5, 5.41) is 0. The third kappa shape index (κ3) is 6.69. The summed E-state index contributed by atoms with van der Waals surface area (Å²) in [6.07, 6.45) is -4.68. The lowest BCUT2D eigenvalue weighted by molar-refractivity contribution is -0.173. The van der Waals surface area contributed by atoms with E-state index in [2.05, 4.69) is 15.0 Å². The van der Waals surface area contributed by atoms with Crippen LogP contribution in [-0.4, -0.2) is 76.4 Å². The molecule has 3 heterocycles. The number of imidazole rings is 1. The summed E-state index contributed by atoms with van der Waals surface area (Å²) in [5.74, 6) is -3.03. The molecule has 14 nitrogen and oxygen atoms in total. The van der Waals surface area contributed by atoms with Gasteiger partial charge in [-0.25, -0.2) is 4.98 Å². The van der Waals surface area contributed by atoms with Crippen LogP contribution in [0.25, 0.3) is 22.6 Å². The van der Waals surface area contributed by atoms with Crippen LogP contribution < -0.4 is 16.2 Å². The number of fused-ring (bicyclic) bond motifs is 1. The average Bonchev–Trinajstić information content (AvgIpc) is 3.49. The number of hydrogen-bond acceptors (Lipinski definition) is 12. The Labute approximate surface area is 254 Å². The molecule has 0 radical (unpaired) electrons. The fourth-order valence-electron chi connectivity index (χ4n) is 4.54. The van der Waals surface area contributed by atoms with Crippen LogP contribution in [0.15, 0.2) is 29.1 Å². The smallest absolute Gasteiger partial charge is 0.308 e. The van der Waals surface area contributed by atoms with E-state index in [-0.39, 0.29) is 29.5 Å². The summed E-state index contributed by atoms with van der Waals surface area (Å²) in [7, 11) is 3.81. The first kappa shape index (κ1) is 32.5. The van der Waals surface area contributed by atoms with Gasteiger partial charge >= 0.3 is 17.9 Å². The van der Waals surface area contributed by atoms with E-state index in [0.717, 1.165) is 5.69 Å². The number of ether oxygens (including phenoxy) is 4. The summed E-state index contributed by atoms with van der Waals surface area (Å²) < 4.78 is 25.2. The molecule has 44 heavy (non-hydrogen) atoms. The lowest BCUT2D eigenvalue weighted by atomic mass is 10.1. The Morgan fingerprint density at radius 3 is 2.05 bits per heavy atom. The van der Waals surface area contributed by atoms with E-state index in [1.165, 1.54) is 4.57 Å². The van der Waals surface area contributed by atoms with Crippen molar-refractivity contribution in [2.24, 2.45) is 17.8 Å². The molecular formula is C30H40N6O8. The number of benzene rings is 1. The minimum absolute atomic E-state index is 0.0335. The van der Waals surface area contributed by atoms with Crippen molar-refractivity contribution in [1.82, 2.24) is 19.5 Å². The minimum Gasteiger partial charge on any atom is -0.463 e. The molecule has 0 amide bonds. The number of nitrogens with two attached hydrogens (primary N) is 1. The standard InChI is InChI=1S/C30H40N6O8/c1-14(2)27(38)41-13-19-21(43-28(39)15(3)4)22(44-29(40)16(5)6)26(42-19)36-23(17-9-11-18(12-10-17)35(7)8)32-20-24(36)33-30(31)34-25(20)37/h9-12,14-16,19,21-22,26H,13H2,1-8H3,(H3,31,33,34,37)/t19-,21-,22-,26-/m1/s1. The molecule has 4 atom stereocenters. The Bertz CT molecular complexity index is 1580. The fourth-order valence-corrected chi connectivity index (χ4v) is 4.54. The second-order valence-corrected chi connectivity index (χ2v) is 11.8. The molecule has 2 aromatic heterocycles. The zero-order valence-electron chi connectivity index (χ0n) is 26.2. The van der Waals surface area contributed by atoms with Crippen molar-refractivity contribution in [3.63, 3.8) is 0 Å². The van der Waals surface area contributed by atoms with E-state index in [1.54, 1.807) is 41.5 Å². The molecule has 0 unspecified atom stereocenters. The second-order valence-electron chi connectivity index (χ2n) is 11.8. The van der Waals surface area contributed by atoms with Crippen molar-refractivity contribution < 1.29 is 33.3 Å². The van der Waals surface area contributed by atoms with Crippen molar-refractivity contribution in [3.05, 3.63) is 34.6 Å². The van der Waals surface area contributed by atoms with Crippen molar-refractivity contribution in [2.45, 2.75) is 66.1 Å². The Kier molecular flexibility index (Phi) is 9.62. The number of aromatic nitrogens is 4. The van der Waals surface area contributed by atoms with E-state index in [9.17, 15) is 19.2 Å². The molecule has 0 aliphatic carbocycles. The van der Waals surface area contributed by atoms with Gasteiger partial charge in [0.25, 0.3) is 5.56 Å². The zero-order valence-corrected chi connectivity index (χ0v) is 26.2. The summed E-state index contributed by atoms with van der Waals surface area (Å²) in [6, 6.07) is 7.37. The first-order valence-corrected chi connectivity index (χ1v) is 14.5. The molecule has 3 N–H and O–H groups in total. The fraction of sp³-hybridized carbons (Fsp3) is 0.533. The number of nitrogen functional groups attached to an aromatic ring is 1. The number of esters is 3. The first-order valence-electron chi connectivity index (χ1n) is 14.5. The number of rotatable bonds is 10. The van der Waals surface area contributed by atoms with Crippen LogP contribution >= 0.6 is 0 Å². The van der Waals surface area contributed by atoms with Crippen LogP contribution in [0.1, 0.15) is 47.8 Å². The molecule has 3 aromatic rings. The monoisotopic (exact) mass is 612 g/mol. The number of anilines is 2. The van der Waals surface area contributed by atoms with Gasteiger partial charge < -0.3 is 29.6 Å². The van der Waals surface area contributed by atoms with Gasteiger partial charge in [-0.2, -0.15) is 4.98 Å². The summed E-state index contributed by atoms with van der Waals surface area (Å²) in [6.45, 7) is 9.72. The van der Waals surface area contributed by atoms with Crippen LogP contribution in [0.2, 0.25) is 0 Å². The molecule has 1 fully saturated rings. The second kappa shape index (κ2) is 13.0. The van der Waals surface area contributed by atoms with E-state index >= 15 is 0 Å². The highest BCUT2D eigenvalue weighted by Crippen LogP contribution is 2.39. The molecule has 0 spiro atoms. The summed E-state index contributed by atoms with van der Waals surface area (Å²) in [4.78, 5) is 64.7. The zero-order chi connectivity index (χ0) is 32.5. The third-order valence-corrected chi connectivity index (χ3v) is 7.06. The van der Waals surface area contributed by atoms with Crippen LogP contribution in [0.4, 0.5) is 11.6 Å². The van der Waals surface area contributed by atoms with Crippen LogP contribution in [0.3, 0.4) is 0 Å². The number of carbonyl (C=O) groups is 3. The molecule has 1 aliphatic heterocycles. The van der Waals surface area contributed by atoms with Gasteiger partial charge in [-0.1, -0.05) is 41.5 Å². The number of aromatic amines is 1. The average molecular weight is 613 g/mol. The first-order chi connectivity index (χ1) is 20.7. The number of nitrogens with zero attached hydrogens (tertiary/aromatic N) is 4. The van der Waals surface area contributed by atoms with Crippen molar-refractivity contribution in [1.29, 1.82) is 0 Å². The lowest BCUT2D eigenvalue weighted by Gasteiger charge is -2.26. The topological polar surface area (TPSA) is 181 Å². The molecule has 0 saturated carbocycles. The van der Waals surface area contributed by atoms with E-state index in [1.807, 2.05) is 43.3 Å². The van der Waals surface area contributed by atoms with Gasteiger partial charge in [-0.15, -0.1) is 0 Å². The Morgan fingerprint density at radius 2 is 1.50 bits per heavy atom. The molecule has 1 saturated heterocycles. The molecule has 1 aliphatic rings. The molecule has 0 bridgehead atoms. The SMILES string of the molecule is CC(C)C(=O)OC[C@H]1O[C@@H](n2c(-c3ccc(N(C)C)cc3)nc3c(=O)[nH]c(N)nc32)[C@H](OC(=O)C(C)C)[C@@H]1OC(=O)C(C)C. The predicted molar refractivity (Wildman–Crippen MR) is 161 cm³/mol. The van der Waals surface area contributed by atoms with Crippen molar-refractivity contribution in [3.8, 4) is 11.4 Å². The quantitative estimate of drug-likeness (QED) is 0.253. The normalized spacial score (nSPS) is 20.0. The maximum absolute atomic E-state index is 13.0. The third-order valence-electron chi connectivity index (χ3n) is 7.06. The highest BCUT2D eigenvalue weighted by Gasteiger charge is 2.52. The highest BCUT2D eigenvalue weighted by atomic mass is 16.7. The van der Waals surface area contributed by atoms with Gasteiger partial charge in [-0.05, 0) is 24.3 Å². The summed E-state index contributed by atoms with van der Waals surface area (Å²) >= 11 is 0. The Morgan fingerprint density at radius 1 is 0.932 bits per heavy atom. The maximum atomic E-state index is 13.0. The van der Waals surface area contributed by atoms with Gasteiger partial charge in [0.1, 0.15) is 18.5 Å². The number of nitrogens with one attached hydrogen (secondary N) is 1. The largest absolute Gasteiger partial charge is 0.463 e. The highest BCUT2D eigenvalue weighted by molar-refractivity contribution is 5.78. The van der Waals surface area contributed by atoms with Crippen LogP contribution in [0.5, 0.6) is 0 Å². The van der Waals surface area contributed by atoms with E-state index in [0.29, 0.717) is 5.56 Å². The van der Waals surface area contributed by atoms with Gasteiger partial charge in [-0.3, -0.25) is 28.7 Å². The molecule has 14 heteroatoms. The van der Waals surface area contributed by atoms with Crippen LogP contribution in [0, 0.1) is 17.8 Å². The molecular weight excluding hydrogens is 572 g/mol.